The number of hydrogen-bond acceptors (Lipinski definition) is 6. The first-order valence-corrected chi connectivity index (χ1v) is 15.7. The Morgan fingerprint density at radius 3 is 2.26 bits per heavy atom. The van der Waals surface area contributed by atoms with Crippen molar-refractivity contribution in [1.82, 2.24) is 10.2 Å². The van der Waals surface area contributed by atoms with E-state index < -0.39 is 34.3 Å². The lowest BCUT2D eigenvalue weighted by Crippen LogP contribution is -2.52. The van der Waals surface area contributed by atoms with Gasteiger partial charge in [0.05, 0.1) is 10.6 Å². The molecule has 12 heteroatoms. The quantitative estimate of drug-likeness (QED) is 0.314. The monoisotopic (exact) mass is 661 g/mol. The number of rotatable bonds is 11. The highest BCUT2D eigenvalue weighted by atomic mass is 79.9. The molecule has 2 atom stereocenters. The molecule has 1 heterocycles. The fourth-order valence-electron chi connectivity index (χ4n) is 4.28. The Morgan fingerprint density at radius 1 is 0.976 bits per heavy atom. The van der Waals surface area contributed by atoms with E-state index in [2.05, 4.69) is 21.2 Å². The number of halogens is 2. The molecule has 2 amide bonds. The molecule has 0 saturated carbocycles. The van der Waals surface area contributed by atoms with Gasteiger partial charge in [-0.2, -0.15) is 0 Å². The summed E-state index contributed by atoms with van der Waals surface area (Å²) in [5, 5.41) is 2.90. The molecule has 0 unspecified atom stereocenters. The highest BCUT2D eigenvalue weighted by Gasteiger charge is 2.33. The van der Waals surface area contributed by atoms with E-state index in [1.165, 1.54) is 35.2 Å². The molecule has 3 aromatic rings. The minimum atomic E-state index is -4.36. The Bertz CT molecular complexity index is 1520. The maximum atomic E-state index is 14.0. The molecule has 224 valence electrons. The van der Waals surface area contributed by atoms with Crippen molar-refractivity contribution in [3.63, 3.8) is 0 Å². The van der Waals surface area contributed by atoms with Crippen LogP contribution in [0.1, 0.15) is 32.8 Å². The minimum Gasteiger partial charge on any atom is -0.486 e. The lowest BCUT2D eigenvalue weighted by Gasteiger charge is -2.32. The summed E-state index contributed by atoms with van der Waals surface area (Å²) in [6.07, 6.45) is 0.700. The van der Waals surface area contributed by atoms with Crippen molar-refractivity contribution in [2.75, 3.05) is 24.1 Å². The Labute approximate surface area is 253 Å². The summed E-state index contributed by atoms with van der Waals surface area (Å²) in [5.41, 5.74) is 0.831. The van der Waals surface area contributed by atoms with E-state index in [-0.39, 0.29) is 41.4 Å². The van der Waals surface area contributed by atoms with Crippen molar-refractivity contribution < 1.29 is 31.9 Å². The number of carbonyl (C=O) groups excluding carboxylic acids is 2. The van der Waals surface area contributed by atoms with E-state index >= 15 is 0 Å². The molecule has 0 fully saturated rings. The summed E-state index contributed by atoms with van der Waals surface area (Å²) < 4.78 is 54.7. The van der Waals surface area contributed by atoms with Gasteiger partial charge in [-0.1, -0.05) is 35.0 Å². The largest absolute Gasteiger partial charge is 0.486 e. The van der Waals surface area contributed by atoms with E-state index in [9.17, 15) is 22.4 Å². The summed E-state index contributed by atoms with van der Waals surface area (Å²) in [4.78, 5) is 28.3. The molecule has 0 spiro atoms. The first-order valence-electron chi connectivity index (χ1n) is 13.5. The third kappa shape index (κ3) is 7.40. The first kappa shape index (κ1) is 31.3. The molecule has 9 nitrogen and oxygen atoms in total. The van der Waals surface area contributed by atoms with Crippen molar-refractivity contribution in [3.05, 3.63) is 82.6 Å². The molecule has 1 aliphatic heterocycles. The van der Waals surface area contributed by atoms with Gasteiger partial charge in [0.15, 0.2) is 11.5 Å². The second-order valence-electron chi connectivity index (χ2n) is 9.94. The third-order valence-electron chi connectivity index (χ3n) is 6.93. The molecule has 0 aromatic heterocycles. The molecule has 42 heavy (non-hydrogen) atoms. The number of ether oxygens (including phenoxy) is 2. The van der Waals surface area contributed by atoms with Crippen LogP contribution >= 0.6 is 15.9 Å². The van der Waals surface area contributed by atoms with Gasteiger partial charge < -0.3 is 19.7 Å². The fourth-order valence-corrected chi connectivity index (χ4v) is 5.98. The lowest BCUT2D eigenvalue weighted by molar-refractivity contribution is -0.139. The van der Waals surface area contributed by atoms with Crippen LogP contribution in [0, 0.1) is 5.82 Å². The van der Waals surface area contributed by atoms with Crippen molar-refractivity contribution in [2.24, 2.45) is 0 Å². The Hall–Kier alpha value is -3.64. The van der Waals surface area contributed by atoms with E-state index in [1.54, 1.807) is 6.92 Å². The maximum absolute atomic E-state index is 14.0. The molecule has 0 bridgehead atoms. The average Bonchev–Trinajstić information content (AvgIpc) is 2.99. The number of hydrogen-bond donors (Lipinski definition) is 1. The van der Waals surface area contributed by atoms with Crippen molar-refractivity contribution >= 4 is 43.5 Å². The van der Waals surface area contributed by atoms with Crippen LogP contribution in [-0.2, 0) is 26.2 Å². The summed E-state index contributed by atoms with van der Waals surface area (Å²) >= 11 is 3.40. The third-order valence-corrected chi connectivity index (χ3v) is 9.23. The summed E-state index contributed by atoms with van der Waals surface area (Å²) in [5.74, 6) is -0.867. The number of nitrogens with zero attached hydrogens (tertiary/aromatic N) is 2. The van der Waals surface area contributed by atoms with Crippen LogP contribution in [0.4, 0.5) is 10.1 Å². The molecule has 4 rings (SSSR count). The van der Waals surface area contributed by atoms with E-state index in [0.29, 0.717) is 18.8 Å². The number of carbonyl (C=O) groups is 2. The van der Waals surface area contributed by atoms with Gasteiger partial charge in [0, 0.05) is 23.1 Å². The maximum Gasteiger partial charge on any atom is 0.264 e. The summed E-state index contributed by atoms with van der Waals surface area (Å²) in [7, 11) is -4.36. The molecule has 1 aliphatic rings. The molecular weight excluding hydrogens is 629 g/mol. The van der Waals surface area contributed by atoms with Crippen LogP contribution in [0.2, 0.25) is 0 Å². The topological polar surface area (TPSA) is 105 Å². The number of sulfonamides is 1. The van der Waals surface area contributed by atoms with Gasteiger partial charge >= 0.3 is 0 Å². The summed E-state index contributed by atoms with van der Waals surface area (Å²) in [6.45, 7) is 5.42. The van der Waals surface area contributed by atoms with E-state index in [4.69, 9.17) is 9.47 Å². The standard InChI is InChI=1S/C30H33BrFN3O6S/c1-4-20(2)33-30(37)21(3)34(18-22-5-7-23(31)8-6-22)29(36)19-35(25-11-9-24(32)10-12-25)42(38,39)26-13-14-27-28(17-26)41-16-15-40-27/h5-14,17,20-21H,4,15-16,18-19H2,1-3H3,(H,33,37)/t20-,21-/m1/s1. The fraction of sp³-hybridized carbons (Fsp3) is 0.333. The van der Waals surface area contributed by atoms with Crippen molar-refractivity contribution in [2.45, 2.75) is 50.7 Å². The van der Waals surface area contributed by atoms with Crippen LogP contribution in [0.15, 0.2) is 76.1 Å². The number of benzene rings is 3. The number of amides is 2. The molecule has 0 saturated heterocycles. The van der Waals surface area contributed by atoms with Gasteiger partial charge in [-0.3, -0.25) is 13.9 Å². The second-order valence-corrected chi connectivity index (χ2v) is 12.7. The predicted octanol–water partition coefficient (Wildman–Crippen LogP) is 4.89. The number of nitrogens with one attached hydrogen (secondary N) is 1. The van der Waals surface area contributed by atoms with Crippen LogP contribution in [0.3, 0.4) is 0 Å². The predicted molar refractivity (Wildman–Crippen MR) is 160 cm³/mol. The highest BCUT2D eigenvalue weighted by Crippen LogP contribution is 2.34. The molecule has 0 radical (unpaired) electrons. The average molecular weight is 663 g/mol. The minimum absolute atomic E-state index is 0.0581. The second kappa shape index (κ2) is 13.6. The SMILES string of the molecule is CC[C@@H](C)NC(=O)[C@@H](C)N(Cc1ccc(Br)cc1)C(=O)CN(c1ccc(F)cc1)S(=O)(=O)c1ccc2c(c1)OCCO2. The van der Waals surface area contributed by atoms with Crippen molar-refractivity contribution in [3.8, 4) is 11.5 Å². The normalized spacial score (nSPS) is 14.0. The Balaban J connectivity index is 1.71. The van der Waals surface area contributed by atoms with Gasteiger partial charge in [-0.15, -0.1) is 0 Å². The molecule has 3 aromatic carbocycles. The van der Waals surface area contributed by atoms with Crippen LogP contribution in [-0.4, -0.2) is 57.0 Å². The highest BCUT2D eigenvalue weighted by molar-refractivity contribution is 9.10. The Morgan fingerprint density at radius 2 is 1.62 bits per heavy atom. The van der Waals surface area contributed by atoms with E-state index in [0.717, 1.165) is 26.5 Å². The van der Waals surface area contributed by atoms with Crippen LogP contribution < -0.4 is 19.1 Å². The van der Waals surface area contributed by atoms with Gasteiger partial charge in [0.1, 0.15) is 31.6 Å². The zero-order valence-electron chi connectivity index (χ0n) is 23.5. The van der Waals surface area contributed by atoms with Crippen molar-refractivity contribution in [1.29, 1.82) is 0 Å². The number of anilines is 1. The summed E-state index contributed by atoms with van der Waals surface area (Å²) in [6, 6.07) is 15.2. The zero-order chi connectivity index (χ0) is 30.4. The van der Waals surface area contributed by atoms with Gasteiger partial charge in [0.2, 0.25) is 11.8 Å². The smallest absolute Gasteiger partial charge is 0.264 e. The number of fused-ring (bicyclic) bond motifs is 1. The van der Waals surface area contributed by atoms with Gasteiger partial charge in [0.25, 0.3) is 10.0 Å². The van der Waals surface area contributed by atoms with Gasteiger partial charge in [-0.25, -0.2) is 12.8 Å². The van der Waals surface area contributed by atoms with Crippen LogP contribution in [0.5, 0.6) is 11.5 Å². The first-order chi connectivity index (χ1) is 20.0. The van der Waals surface area contributed by atoms with E-state index in [1.807, 2.05) is 38.1 Å². The van der Waals surface area contributed by atoms with Gasteiger partial charge in [-0.05, 0) is 74.4 Å². The zero-order valence-corrected chi connectivity index (χ0v) is 26.0. The Kier molecular flexibility index (Phi) is 10.1. The molecule has 1 N–H and O–H groups in total. The van der Waals surface area contributed by atoms with Crippen LogP contribution in [0.25, 0.3) is 0 Å². The molecule has 0 aliphatic carbocycles. The lowest BCUT2D eigenvalue weighted by atomic mass is 10.1. The molecular formula is C30H33BrFN3O6S.